The number of nitrogens with zero attached hydrogens (tertiary/aromatic N) is 2. The average Bonchev–Trinajstić information content (AvgIpc) is 2.97. The minimum Gasteiger partial charge on any atom is -0.443 e. The van der Waals surface area contributed by atoms with Crippen LogP contribution in [0.15, 0.2) is 89.9 Å². The molecule has 1 aliphatic heterocycles. The van der Waals surface area contributed by atoms with Crippen LogP contribution in [0.4, 0.5) is 4.79 Å². The van der Waals surface area contributed by atoms with Gasteiger partial charge in [-0.3, -0.25) is 14.6 Å². The van der Waals surface area contributed by atoms with Crippen LogP contribution in [0.1, 0.15) is 28.7 Å². The van der Waals surface area contributed by atoms with E-state index in [0.29, 0.717) is 25.3 Å². The topological polar surface area (TPSA) is 135 Å². The van der Waals surface area contributed by atoms with Gasteiger partial charge < -0.3 is 20.5 Å². The van der Waals surface area contributed by atoms with Crippen LogP contribution < -0.4 is 16.5 Å². The van der Waals surface area contributed by atoms with E-state index in [2.05, 4.69) is 15.7 Å². The van der Waals surface area contributed by atoms with Crippen molar-refractivity contribution in [2.45, 2.75) is 32.2 Å². The van der Waals surface area contributed by atoms with E-state index < -0.39 is 12.2 Å². The first-order valence-corrected chi connectivity index (χ1v) is 12.6. The van der Waals surface area contributed by atoms with Gasteiger partial charge in [-0.1, -0.05) is 84.9 Å². The van der Waals surface area contributed by atoms with Gasteiger partial charge in [-0.2, -0.15) is 4.99 Å². The zero-order valence-corrected chi connectivity index (χ0v) is 21.4. The van der Waals surface area contributed by atoms with E-state index in [9.17, 15) is 14.4 Å². The summed E-state index contributed by atoms with van der Waals surface area (Å²) in [4.78, 5) is 41.0. The van der Waals surface area contributed by atoms with Crippen molar-refractivity contribution in [1.82, 2.24) is 15.8 Å². The molecule has 0 aromatic heterocycles. The van der Waals surface area contributed by atoms with Crippen LogP contribution in [0, 0.1) is 0 Å². The van der Waals surface area contributed by atoms with Crippen LogP contribution in [0.5, 0.6) is 0 Å². The normalized spacial score (nSPS) is 15.6. The minimum atomic E-state index is -0.845. The molecule has 0 bridgehead atoms. The lowest BCUT2D eigenvalue weighted by atomic mass is 10.1. The van der Waals surface area contributed by atoms with Gasteiger partial charge in [0.2, 0.25) is 5.91 Å². The van der Waals surface area contributed by atoms with Crippen LogP contribution in [0.25, 0.3) is 0 Å². The van der Waals surface area contributed by atoms with Gasteiger partial charge in [0.15, 0.2) is 0 Å². The highest BCUT2D eigenvalue weighted by molar-refractivity contribution is 6.02. The number of rotatable bonds is 10. The Kier molecular flexibility index (Phi) is 9.76. The van der Waals surface area contributed by atoms with E-state index in [-0.39, 0.29) is 37.2 Å². The van der Waals surface area contributed by atoms with E-state index in [4.69, 9.17) is 15.2 Å². The monoisotopic (exact) mass is 529 g/mol. The van der Waals surface area contributed by atoms with Gasteiger partial charge >= 0.3 is 6.09 Å². The molecule has 1 fully saturated rings. The third-order valence-corrected chi connectivity index (χ3v) is 6.02. The van der Waals surface area contributed by atoms with Crippen LogP contribution in [-0.4, -0.2) is 48.0 Å². The van der Waals surface area contributed by atoms with E-state index in [1.807, 2.05) is 60.7 Å². The molecular formula is C29H31N5O5. The second-order valence-electron chi connectivity index (χ2n) is 8.88. The van der Waals surface area contributed by atoms with Crippen LogP contribution >= 0.6 is 0 Å². The fourth-order valence-corrected chi connectivity index (χ4v) is 3.88. The van der Waals surface area contributed by atoms with Crippen LogP contribution in [0.2, 0.25) is 0 Å². The second-order valence-corrected chi connectivity index (χ2v) is 8.88. The quantitative estimate of drug-likeness (QED) is 0.271. The Balaban J connectivity index is 1.21. The van der Waals surface area contributed by atoms with Crippen molar-refractivity contribution in [2.24, 2.45) is 10.7 Å². The molecule has 0 spiro atoms. The summed E-state index contributed by atoms with van der Waals surface area (Å²) >= 11 is 0. The standard InChI is InChI=1S/C29H31N5O5/c30-27(33-29(37)39-20-23-9-5-2-6-10-23)24-13-11-22(12-14-24)18-31-26(35)17-25-28(36)34(15-16-38-25)32-19-21-7-3-1-4-8-21/h1-14,25,32H,15-20H2,(H,31,35)(H2,30,33,37)/t25-/m1/s1. The first kappa shape index (κ1) is 27.5. The summed E-state index contributed by atoms with van der Waals surface area (Å²) in [6.07, 6.45) is -1.70. The Morgan fingerprint density at radius 1 is 0.923 bits per heavy atom. The van der Waals surface area contributed by atoms with E-state index >= 15 is 0 Å². The molecule has 0 radical (unpaired) electrons. The summed E-state index contributed by atoms with van der Waals surface area (Å²) < 4.78 is 10.7. The van der Waals surface area contributed by atoms with Crippen LogP contribution in [-0.2, 0) is 38.8 Å². The molecular weight excluding hydrogens is 498 g/mol. The number of carbonyl (C=O) groups is 3. The van der Waals surface area contributed by atoms with Gasteiger partial charge in [0, 0.05) is 18.7 Å². The summed E-state index contributed by atoms with van der Waals surface area (Å²) in [7, 11) is 0. The largest absolute Gasteiger partial charge is 0.443 e. The molecule has 202 valence electrons. The number of morpholine rings is 1. The first-order valence-electron chi connectivity index (χ1n) is 12.6. The number of aliphatic imine (C=N–C) groups is 1. The molecule has 0 unspecified atom stereocenters. The summed E-state index contributed by atoms with van der Waals surface area (Å²) in [6.45, 7) is 1.62. The lowest BCUT2D eigenvalue weighted by molar-refractivity contribution is -0.160. The second kappa shape index (κ2) is 13.8. The Morgan fingerprint density at radius 2 is 1.56 bits per heavy atom. The zero-order valence-electron chi connectivity index (χ0n) is 21.4. The van der Waals surface area contributed by atoms with Crippen molar-refractivity contribution in [3.63, 3.8) is 0 Å². The Morgan fingerprint density at radius 3 is 2.26 bits per heavy atom. The summed E-state index contributed by atoms with van der Waals surface area (Å²) in [5, 5.41) is 4.32. The first-order chi connectivity index (χ1) is 19.0. The number of hydrogen-bond donors (Lipinski definition) is 3. The predicted octanol–water partition coefficient (Wildman–Crippen LogP) is 2.67. The highest BCUT2D eigenvalue weighted by atomic mass is 16.5. The number of benzene rings is 3. The molecule has 10 heteroatoms. The summed E-state index contributed by atoms with van der Waals surface area (Å²) in [6, 6.07) is 26.0. The number of ether oxygens (including phenoxy) is 2. The fraction of sp³-hybridized carbons (Fsp3) is 0.241. The Bertz CT molecular complexity index is 1280. The van der Waals surface area contributed by atoms with E-state index in [1.54, 1.807) is 24.3 Å². The maximum atomic E-state index is 12.7. The minimum absolute atomic E-state index is 0.0297. The SMILES string of the molecule is N/C(=N\C(=O)OCc1ccccc1)c1ccc(CNC(=O)C[C@H]2OCCN(NCc3ccccc3)C2=O)cc1. The molecule has 4 rings (SSSR count). The smallest absolute Gasteiger partial charge is 0.435 e. The van der Waals surface area contributed by atoms with Gasteiger partial charge in [-0.05, 0) is 16.7 Å². The molecule has 1 aliphatic rings. The maximum Gasteiger partial charge on any atom is 0.435 e. The van der Waals surface area contributed by atoms with Crippen molar-refractivity contribution in [2.75, 3.05) is 13.2 Å². The number of hydrogen-bond acceptors (Lipinski definition) is 6. The van der Waals surface area contributed by atoms with Gasteiger partial charge in [-0.25, -0.2) is 10.2 Å². The van der Waals surface area contributed by atoms with Gasteiger partial charge in [-0.15, -0.1) is 0 Å². The molecule has 0 saturated carbocycles. The molecule has 39 heavy (non-hydrogen) atoms. The van der Waals surface area contributed by atoms with E-state index in [1.165, 1.54) is 5.01 Å². The van der Waals surface area contributed by atoms with Crippen molar-refractivity contribution >= 4 is 23.7 Å². The molecule has 4 N–H and O–H groups in total. The lowest BCUT2D eigenvalue weighted by Gasteiger charge is -2.32. The number of carbonyl (C=O) groups excluding carboxylic acids is 3. The molecule has 1 heterocycles. The average molecular weight is 530 g/mol. The van der Waals surface area contributed by atoms with Crippen molar-refractivity contribution < 1.29 is 23.9 Å². The Hall–Kier alpha value is -4.54. The molecule has 1 atom stereocenters. The van der Waals surface area contributed by atoms with E-state index in [0.717, 1.165) is 16.7 Å². The molecule has 0 aliphatic carbocycles. The number of nitrogens with two attached hydrogens (primary N) is 1. The number of hydrazine groups is 1. The molecule has 10 nitrogen and oxygen atoms in total. The highest BCUT2D eigenvalue weighted by Crippen LogP contribution is 2.11. The number of amidine groups is 1. The van der Waals surface area contributed by atoms with Crippen molar-refractivity contribution in [3.05, 3.63) is 107 Å². The third kappa shape index (κ3) is 8.49. The van der Waals surface area contributed by atoms with Crippen molar-refractivity contribution in [1.29, 1.82) is 0 Å². The van der Waals surface area contributed by atoms with Gasteiger partial charge in [0.25, 0.3) is 5.91 Å². The van der Waals surface area contributed by atoms with Gasteiger partial charge in [0.1, 0.15) is 18.5 Å². The summed E-state index contributed by atoms with van der Waals surface area (Å²) in [5.74, 6) is -0.541. The third-order valence-electron chi connectivity index (χ3n) is 6.02. The Labute approximate surface area is 226 Å². The number of nitrogens with one attached hydrogen (secondary N) is 2. The highest BCUT2D eigenvalue weighted by Gasteiger charge is 2.31. The van der Waals surface area contributed by atoms with Crippen LogP contribution in [0.3, 0.4) is 0 Å². The maximum absolute atomic E-state index is 12.7. The lowest BCUT2D eigenvalue weighted by Crippen LogP contribution is -2.54. The molecule has 3 aromatic carbocycles. The zero-order chi connectivity index (χ0) is 27.5. The molecule has 3 aromatic rings. The number of amides is 3. The summed E-state index contributed by atoms with van der Waals surface area (Å²) in [5.41, 5.74) is 12.3. The molecule has 1 saturated heterocycles. The fourth-order valence-electron chi connectivity index (χ4n) is 3.88. The molecule has 3 amide bonds. The van der Waals surface area contributed by atoms with Gasteiger partial charge in [0.05, 0.1) is 19.6 Å². The van der Waals surface area contributed by atoms with Crippen molar-refractivity contribution in [3.8, 4) is 0 Å². The predicted molar refractivity (Wildman–Crippen MR) is 145 cm³/mol.